The number of anilines is 2. The summed E-state index contributed by atoms with van der Waals surface area (Å²) in [6.07, 6.45) is 5.79. The van der Waals surface area contributed by atoms with Gasteiger partial charge in [0.25, 0.3) is 0 Å². The molecule has 0 amide bonds. The molecule has 2 N–H and O–H groups in total. The zero-order valence-corrected chi connectivity index (χ0v) is 21.7. The molecule has 1 fully saturated rings. The third kappa shape index (κ3) is 7.44. The summed E-state index contributed by atoms with van der Waals surface area (Å²) < 4.78 is 28.3. The minimum atomic E-state index is -2.64. The van der Waals surface area contributed by atoms with E-state index in [1.54, 1.807) is 12.4 Å². The van der Waals surface area contributed by atoms with Gasteiger partial charge in [0.1, 0.15) is 11.3 Å². The number of hydrogen-bond donors (Lipinski definition) is 2. The van der Waals surface area contributed by atoms with Crippen LogP contribution < -0.4 is 15.5 Å². The van der Waals surface area contributed by atoms with Gasteiger partial charge in [0.05, 0.1) is 11.2 Å². The first-order valence-electron chi connectivity index (χ1n) is 12.5. The third-order valence-electron chi connectivity index (χ3n) is 5.94. The fraction of sp³-hybridized carbons (Fsp3) is 0.520. The number of pyridine rings is 2. The maximum absolute atomic E-state index is 12.9. The van der Waals surface area contributed by atoms with Crippen molar-refractivity contribution in [3.8, 4) is 11.3 Å². The minimum absolute atomic E-state index is 0.161. The van der Waals surface area contributed by atoms with Crippen molar-refractivity contribution in [2.24, 2.45) is 0 Å². The zero-order chi connectivity index (χ0) is 25.4. The average molecular weight is 517 g/mol. The Morgan fingerprint density at radius 2 is 1.83 bits per heavy atom. The molecule has 0 unspecified atom stereocenters. The molecule has 0 saturated carbocycles. The lowest BCUT2D eigenvalue weighted by Gasteiger charge is -2.34. The maximum Gasteiger partial charge on any atom is 0.246 e. The molecular formula is C25H34F2N8S. The van der Waals surface area contributed by atoms with Crippen LogP contribution in [0.4, 0.5) is 20.4 Å². The third-order valence-corrected chi connectivity index (χ3v) is 6.93. The highest BCUT2D eigenvalue weighted by atomic mass is 32.2. The maximum atomic E-state index is 12.9. The van der Waals surface area contributed by atoms with E-state index in [1.807, 2.05) is 24.2 Å². The number of rotatable bonds is 12. The number of nitrogens with one attached hydrogen (secondary N) is 2. The number of hydrogen-bond acceptors (Lipinski definition) is 9. The molecule has 1 saturated heterocycles. The molecule has 1 aliphatic heterocycles. The molecule has 0 spiro atoms. The standard InChI is InChI=1S/C25H34F2N8S/c1-3-36-35-15-13-34(14-16-35)22-6-5-19(18-32-22)20-17-21-23(30-12-11-29-21)24(33-20)31-9-4-8-28-10-7-25(2,26)27/h5-6,11-12,17-18,28H,3-4,7-10,13-16H2,1-2H3,(H,31,33). The second kappa shape index (κ2) is 12.6. The van der Waals surface area contributed by atoms with Crippen LogP contribution in [0.25, 0.3) is 22.3 Å². The molecule has 11 heteroatoms. The van der Waals surface area contributed by atoms with E-state index in [-0.39, 0.29) is 6.42 Å². The average Bonchev–Trinajstić information content (AvgIpc) is 2.88. The molecule has 3 aromatic rings. The fourth-order valence-electron chi connectivity index (χ4n) is 4.05. The fourth-order valence-corrected chi connectivity index (χ4v) is 4.84. The number of nitrogens with zero attached hydrogens (tertiary/aromatic N) is 6. The van der Waals surface area contributed by atoms with Crippen LogP contribution in [0.15, 0.2) is 36.8 Å². The van der Waals surface area contributed by atoms with E-state index in [1.165, 1.54) is 0 Å². The SMILES string of the molecule is CCSN1CCN(c2ccc(-c3cc4nccnc4c(NCCCNCCC(C)(F)F)n3)cn2)CC1. The van der Waals surface area contributed by atoms with Crippen molar-refractivity contribution in [3.63, 3.8) is 0 Å². The first-order valence-corrected chi connectivity index (χ1v) is 13.4. The van der Waals surface area contributed by atoms with E-state index in [9.17, 15) is 8.78 Å². The summed E-state index contributed by atoms with van der Waals surface area (Å²) in [5.74, 6) is 0.101. The molecule has 1 aliphatic rings. The Kier molecular flexibility index (Phi) is 9.22. The van der Waals surface area contributed by atoms with E-state index in [2.05, 4.69) is 48.9 Å². The number of piperazine rings is 1. The van der Waals surface area contributed by atoms with Gasteiger partial charge in [-0.05, 0) is 38.1 Å². The Morgan fingerprint density at radius 3 is 2.56 bits per heavy atom. The summed E-state index contributed by atoms with van der Waals surface area (Å²) in [5.41, 5.74) is 3.14. The van der Waals surface area contributed by atoms with Crippen molar-refractivity contribution >= 4 is 34.6 Å². The van der Waals surface area contributed by atoms with Crippen LogP contribution in [-0.4, -0.2) is 81.7 Å². The van der Waals surface area contributed by atoms with Gasteiger partial charge in [0, 0.05) is 75.6 Å². The van der Waals surface area contributed by atoms with Crippen LogP contribution in [0.3, 0.4) is 0 Å². The molecule has 0 aliphatic carbocycles. The highest BCUT2D eigenvalue weighted by Gasteiger charge is 2.20. The van der Waals surface area contributed by atoms with Gasteiger partial charge in [0.2, 0.25) is 5.92 Å². The van der Waals surface area contributed by atoms with Crippen molar-refractivity contribution < 1.29 is 8.78 Å². The van der Waals surface area contributed by atoms with Crippen LogP contribution >= 0.6 is 11.9 Å². The molecule has 0 aromatic carbocycles. The van der Waals surface area contributed by atoms with E-state index < -0.39 is 5.92 Å². The van der Waals surface area contributed by atoms with Crippen LogP contribution in [0.1, 0.15) is 26.7 Å². The Hall–Kier alpha value is -2.63. The van der Waals surface area contributed by atoms with Gasteiger partial charge >= 0.3 is 0 Å². The van der Waals surface area contributed by atoms with Gasteiger partial charge in [0.15, 0.2) is 5.82 Å². The molecule has 194 valence electrons. The largest absolute Gasteiger partial charge is 0.368 e. The van der Waals surface area contributed by atoms with Crippen LogP contribution in [-0.2, 0) is 0 Å². The van der Waals surface area contributed by atoms with Gasteiger partial charge in [-0.3, -0.25) is 4.98 Å². The smallest absolute Gasteiger partial charge is 0.246 e. The lowest BCUT2D eigenvalue weighted by molar-refractivity contribution is 0.0135. The van der Waals surface area contributed by atoms with Crippen LogP contribution in [0.2, 0.25) is 0 Å². The minimum Gasteiger partial charge on any atom is -0.368 e. The zero-order valence-electron chi connectivity index (χ0n) is 20.9. The Labute approximate surface area is 215 Å². The summed E-state index contributed by atoms with van der Waals surface area (Å²) in [4.78, 5) is 20.8. The first kappa shape index (κ1) is 26.4. The number of alkyl halides is 2. The first-order chi connectivity index (χ1) is 17.4. The van der Waals surface area contributed by atoms with Gasteiger partial charge in [-0.25, -0.2) is 28.0 Å². The molecule has 4 heterocycles. The van der Waals surface area contributed by atoms with Crippen molar-refractivity contribution in [3.05, 3.63) is 36.8 Å². The number of halogens is 2. The van der Waals surface area contributed by atoms with Gasteiger partial charge < -0.3 is 15.5 Å². The molecular weight excluding hydrogens is 482 g/mol. The van der Waals surface area contributed by atoms with Crippen LogP contribution in [0, 0.1) is 0 Å². The molecule has 36 heavy (non-hydrogen) atoms. The van der Waals surface area contributed by atoms with Gasteiger partial charge in [-0.15, -0.1) is 0 Å². The predicted molar refractivity (Wildman–Crippen MR) is 144 cm³/mol. The van der Waals surface area contributed by atoms with Crippen LogP contribution in [0.5, 0.6) is 0 Å². The summed E-state index contributed by atoms with van der Waals surface area (Å²) in [5, 5.41) is 6.40. The van der Waals surface area contributed by atoms with Crippen molar-refractivity contribution in [2.45, 2.75) is 32.6 Å². The second-order valence-corrected chi connectivity index (χ2v) is 10.2. The summed E-state index contributed by atoms with van der Waals surface area (Å²) in [6, 6.07) is 6.04. The Morgan fingerprint density at radius 1 is 1.03 bits per heavy atom. The molecule has 8 nitrogen and oxygen atoms in total. The normalized spacial score (nSPS) is 14.9. The highest BCUT2D eigenvalue weighted by Crippen LogP contribution is 2.26. The van der Waals surface area contributed by atoms with Gasteiger partial charge in [-0.1, -0.05) is 18.9 Å². The highest BCUT2D eigenvalue weighted by molar-refractivity contribution is 7.96. The monoisotopic (exact) mass is 516 g/mol. The topological polar surface area (TPSA) is 82.1 Å². The summed E-state index contributed by atoms with van der Waals surface area (Å²) in [7, 11) is 0. The predicted octanol–water partition coefficient (Wildman–Crippen LogP) is 4.31. The van der Waals surface area contributed by atoms with E-state index in [0.717, 1.165) is 67.9 Å². The van der Waals surface area contributed by atoms with Crippen molar-refractivity contribution in [2.75, 3.05) is 61.8 Å². The quantitative estimate of drug-likeness (QED) is 0.270. The molecule has 0 radical (unpaired) electrons. The van der Waals surface area contributed by atoms with E-state index in [0.29, 0.717) is 31.0 Å². The van der Waals surface area contributed by atoms with Crippen molar-refractivity contribution in [1.29, 1.82) is 0 Å². The Balaban J connectivity index is 1.39. The molecule has 0 bridgehead atoms. The summed E-state index contributed by atoms with van der Waals surface area (Å²) >= 11 is 1.89. The molecule has 3 aromatic heterocycles. The lowest BCUT2D eigenvalue weighted by Crippen LogP contribution is -2.43. The van der Waals surface area contributed by atoms with Crippen molar-refractivity contribution in [1.82, 2.24) is 29.6 Å². The van der Waals surface area contributed by atoms with E-state index >= 15 is 0 Å². The molecule has 4 rings (SSSR count). The molecule has 0 atom stereocenters. The number of fused-ring (bicyclic) bond motifs is 1. The van der Waals surface area contributed by atoms with E-state index in [4.69, 9.17) is 9.97 Å². The summed E-state index contributed by atoms with van der Waals surface area (Å²) in [6.45, 7) is 8.69. The van der Waals surface area contributed by atoms with Gasteiger partial charge in [-0.2, -0.15) is 0 Å². The lowest BCUT2D eigenvalue weighted by atomic mass is 10.1. The second-order valence-electron chi connectivity index (χ2n) is 8.87. The Bertz CT molecular complexity index is 1100. The number of aromatic nitrogens is 4.